The Kier molecular flexibility index (Phi) is 6.28. The van der Waals surface area contributed by atoms with E-state index in [1.807, 2.05) is 16.3 Å². The summed E-state index contributed by atoms with van der Waals surface area (Å²) in [7, 11) is 0. The van der Waals surface area contributed by atoms with Crippen molar-refractivity contribution in [3.8, 4) is 11.8 Å². The molecule has 1 aromatic rings. The first-order chi connectivity index (χ1) is 10.2. The minimum atomic E-state index is 0.291. The van der Waals surface area contributed by atoms with E-state index in [1.165, 1.54) is 17.7 Å². The quantitative estimate of drug-likeness (QED) is 0.869. The average molecular weight is 304 g/mol. The standard InChI is InChI=1S/C17H24N2OS/c1-2-4-14-6-7-17(20)19(11-8-14)13-16-15(5-3-10-18)9-12-21-16/h9,12,14H,2,4,6-8,10-11,13,18H2,1H3. The highest BCUT2D eigenvalue weighted by Gasteiger charge is 2.22. The van der Waals surface area contributed by atoms with Crippen LogP contribution in [-0.2, 0) is 11.3 Å². The van der Waals surface area contributed by atoms with Crippen LogP contribution >= 0.6 is 11.3 Å². The number of likely N-dealkylation sites (tertiary alicyclic amines) is 1. The van der Waals surface area contributed by atoms with Crippen molar-refractivity contribution >= 4 is 17.2 Å². The summed E-state index contributed by atoms with van der Waals surface area (Å²) in [6.07, 6.45) is 5.33. The van der Waals surface area contributed by atoms with E-state index in [0.717, 1.165) is 24.9 Å². The van der Waals surface area contributed by atoms with Crippen molar-refractivity contribution in [2.24, 2.45) is 11.7 Å². The summed E-state index contributed by atoms with van der Waals surface area (Å²) in [5, 5.41) is 2.04. The molecule has 21 heavy (non-hydrogen) atoms. The number of carbonyl (C=O) groups excluding carboxylic acids is 1. The van der Waals surface area contributed by atoms with Gasteiger partial charge in [-0.15, -0.1) is 11.3 Å². The van der Waals surface area contributed by atoms with E-state index in [2.05, 4.69) is 18.8 Å². The van der Waals surface area contributed by atoms with Gasteiger partial charge in [0.1, 0.15) is 0 Å². The van der Waals surface area contributed by atoms with Gasteiger partial charge in [-0.2, -0.15) is 0 Å². The van der Waals surface area contributed by atoms with Gasteiger partial charge in [0.25, 0.3) is 0 Å². The van der Waals surface area contributed by atoms with E-state index in [0.29, 0.717) is 31.3 Å². The molecule has 0 aromatic carbocycles. The van der Waals surface area contributed by atoms with Gasteiger partial charge >= 0.3 is 0 Å². The number of rotatable bonds is 4. The molecule has 0 spiro atoms. The predicted molar refractivity (Wildman–Crippen MR) is 87.9 cm³/mol. The smallest absolute Gasteiger partial charge is 0.222 e. The average Bonchev–Trinajstić information content (AvgIpc) is 2.85. The fourth-order valence-corrected chi connectivity index (χ4v) is 3.70. The molecule has 2 rings (SSSR count). The van der Waals surface area contributed by atoms with Crippen LogP contribution in [0.25, 0.3) is 0 Å². The Hall–Kier alpha value is -1.31. The van der Waals surface area contributed by atoms with Crippen molar-refractivity contribution in [1.82, 2.24) is 4.90 Å². The number of nitrogens with two attached hydrogens (primary N) is 1. The number of nitrogens with zero attached hydrogens (tertiary/aromatic N) is 1. The molecule has 3 nitrogen and oxygen atoms in total. The lowest BCUT2D eigenvalue weighted by molar-refractivity contribution is -0.131. The van der Waals surface area contributed by atoms with E-state index < -0.39 is 0 Å². The van der Waals surface area contributed by atoms with Gasteiger partial charge in [-0.1, -0.05) is 31.6 Å². The van der Waals surface area contributed by atoms with E-state index in [4.69, 9.17) is 5.73 Å². The summed E-state index contributed by atoms with van der Waals surface area (Å²) in [5.74, 6) is 7.00. The minimum Gasteiger partial charge on any atom is -0.338 e. The lowest BCUT2D eigenvalue weighted by atomic mass is 9.96. The van der Waals surface area contributed by atoms with Gasteiger partial charge in [-0.05, 0) is 30.2 Å². The first-order valence-electron chi connectivity index (χ1n) is 7.77. The van der Waals surface area contributed by atoms with Crippen LogP contribution in [0.15, 0.2) is 11.4 Å². The molecule has 2 heterocycles. The van der Waals surface area contributed by atoms with E-state index in [1.54, 1.807) is 11.3 Å². The lowest BCUT2D eigenvalue weighted by Crippen LogP contribution is -2.29. The Morgan fingerprint density at radius 2 is 2.33 bits per heavy atom. The van der Waals surface area contributed by atoms with Gasteiger partial charge in [0, 0.05) is 23.4 Å². The Morgan fingerprint density at radius 1 is 1.48 bits per heavy atom. The van der Waals surface area contributed by atoms with E-state index in [-0.39, 0.29) is 0 Å². The zero-order valence-corrected chi connectivity index (χ0v) is 13.5. The summed E-state index contributed by atoms with van der Waals surface area (Å²) in [4.78, 5) is 15.5. The normalized spacial score (nSPS) is 19.0. The lowest BCUT2D eigenvalue weighted by Gasteiger charge is -2.20. The predicted octanol–water partition coefficient (Wildman–Crippen LogP) is 2.99. The second-order valence-corrected chi connectivity index (χ2v) is 6.56. The van der Waals surface area contributed by atoms with Crippen molar-refractivity contribution in [3.63, 3.8) is 0 Å². The number of carbonyl (C=O) groups is 1. The molecular formula is C17H24N2OS. The van der Waals surface area contributed by atoms with Gasteiger partial charge < -0.3 is 10.6 Å². The third kappa shape index (κ3) is 4.59. The molecule has 1 aliphatic heterocycles. The largest absolute Gasteiger partial charge is 0.338 e. The number of hydrogen-bond acceptors (Lipinski definition) is 3. The maximum Gasteiger partial charge on any atom is 0.222 e. The highest BCUT2D eigenvalue weighted by Crippen LogP contribution is 2.25. The Morgan fingerprint density at radius 3 is 3.10 bits per heavy atom. The summed E-state index contributed by atoms with van der Waals surface area (Å²) >= 11 is 1.68. The zero-order chi connectivity index (χ0) is 15.1. The maximum atomic E-state index is 12.3. The highest BCUT2D eigenvalue weighted by molar-refractivity contribution is 7.10. The van der Waals surface area contributed by atoms with Crippen LogP contribution in [0.2, 0.25) is 0 Å². The summed E-state index contributed by atoms with van der Waals surface area (Å²) in [5.41, 5.74) is 6.45. The van der Waals surface area contributed by atoms with Gasteiger partial charge in [0.15, 0.2) is 0 Å². The number of hydrogen-bond donors (Lipinski definition) is 1. The zero-order valence-electron chi connectivity index (χ0n) is 12.7. The van der Waals surface area contributed by atoms with Crippen LogP contribution in [0.5, 0.6) is 0 Å². The molecule has 1 saturated heterocycles. The maximum absolute atomic E-state index is 12.3. The van der Waals surface area contributed by atoms with Gasteiger partial charge in [0.05, 0.1) is 13.1 Å². The van der Waals surface area contributed by atoms with Crippen LogP contribution in [0.4, 0.5) is 0 Å². The summed E-state index contributed by atoms with van der Waals surface area (Å²) < 4.78 is 0. The fourth-order valence-electron chi connectivity index (χ4n) is 2.85. The Balaban J connectivity index is 2.01. The molecule has 1 aromatic heterocycles. The van der Waals surface area contributed by atoms with Crippen molar-refractivity contribution in [2.75, 3.05) is 13.1 Å². The van der Waals surface area contributed by atoms with E-state index in [9.17, 15) is 4.79 Å². The molecule has 0 aliphatic carbocycles. The van der Waals surface area contributed by atoms with Crippen LogP contribution in [0.1, 0.15) is 49.5 Å². The van der Waals surface area contributed by atoms with Crippen LogP contribution < -0.4 is 5.73 Å². The topological polar surface area (TPSA) is 46.3 Å². The van der Waals surface area contributed by atoms with Crippen LogP contribution in [-0.4, -0.2) is 23.9 Å². The monoisotopic (exact) mass is 304 g/mol. The van der Waals surface area contributed by atoms with Crippen molar-refractivity contribution in [2.45, 2.75) is 45.6 Å². The van der Waals surface area contributed by atoms with Crippen molar-refractivity contribution in [1.29, 1.82) is 0 Å². The third-order valence-electron chi connectivity index (χ3n) is 4.03. The second-order valence-electron chi connectivity index (χ2n) is 5.56. The fraction of sp³-hybridized carbons (Fsp3) is 0.588. The molecular weight excluding hydrogens is 280 g/mol. The Labute approximate surface area is 131 Å². The SMILES string of the molecule is CCCC1CCC(=O)N(Cc2sccc2C#CCN)CC1. The van der Waals surface area contributed by atoms with Gasteiger partial charge in [-0.25, -0.2) is 0 Å². The molecule has 2 N–H and O–H groups in total. The molecule has 4 heteroatoms. The molecule has 1 amide bonds. The molecule has 0 saturated carbocycles. The van der Waals surface area contributed by atoms with Crippen molar-refractivity contribution in [3.05, 3.63) is 21.9 Å². The minimum absolute atomic E-state index is 0.291. The molecule has 1 atom stereocenters. The highest BCUT2D eigenvalue weighted by atomic mass is 32.1. The summed E-state index contributed by atoms with van der Waals surface area (Å²) in [6, 6.07) is 2.02. The van der Waals surface area contributed by atoms with E-state index >= 15 is 0 Å². The Bertz CT molecular complexity index is 526. The van der Waals surface area contributed by atoms with Crippen LogP contribution in [0, 0.1) is 17.8 Å². The number of thiophene rings is 1. The second kappa shape index (κ2) is 8.21. The molecule has 0 bridgehead atoms. The van der Waals surface area contributed by atoms with Crippen molar-refractivity contribution < 1.29 is 4.79 Å². The summed E-state index contributed by atoms with van der Waals surface area (Å²) in [6.45, 7) is 4.17. The van der Waals surface area contributed by atoms with Gasteiger partial charge in [-0.3, -0.25) is 4.79 Å². The molecule has 1 aliphatic rings. The van der Waals surface area contributed by atoms with Gasteiger partial charge in [0.2, 0.25) is 5.91 Å². The molecule has 114 valence electrons. The van der Waals surface area contributed by atoms with Crippen LogP contribution in [0.3, 0.4) is 0 Å². The first kappa shape index (κ1) is 16.1. The number of amides is 1. The first-order valence-corrected chi connectivity index (χ1v) is 8.65. The molecule has 1 fully saturated rings. The molecule has 0 radical (unpaired) electrons. The third-order valence-corrected chi connectivity index (χ3v) is 4.93. The molecule has 1 unspecified atom stereocenters.